The van der Waals surface area contributed by atoms with Crippen LogP contribution in [0.3, 0.4) is 0 Å². The molecule has 0 radical (unpaired) electrons. The van der Waals surface area contributed by atoms with Crippen molar-refractivity contribution < 1.29 is 49.3 Å². The monoisotopic (exact) mass is 1690 g/mol. The molecule has 0 bridgehead atoms. The van der Waals surface area contributed by atoms with Gasteiger partial charge < -0.3 is 603 Å². The highest BCUT2D eigenvalue weighted by Gasteiger charge is -0.250. The molecule has 0 aliphatic rings. The molecular formula is H288N90O9. The Morgan fingerprint density at radius 1 is 0.0202 bits per heavy atom. The second-order valence-corrected chi connectivity index (χ2v) is 0. The van der Waals surface area contributed by atoms with Crippen LogP contribution in [0.1, 0.15) is 0 Å². The third kappa shape index (κ3) is 50800. The van der Waals surface area contributed by atoms with E-state index in [0.717, 1.165) is 0 Å². The third-order valence-electron chi connectivity index (χ3n) is 0. The highest BCUT2D eigenvalue weighted by Crippen LogP contribution is -0.274. The molecule has 0 saturated heterocycles. The zero-order valence-electron chi connectivity index (χ0n) is 68.1. The summed E-state index contributed by atoms with van der Waals surface area (Å²) in [6.45, 7) is 0. The van der Waals surface area contributed by atoms with Gasteiger partial charge in [0.2, 0.25) is 0 Å². The van der Waals surface area contributed by atoms with E-state index in [9.17, 15) is 0 Å². The van der Waals surface area contributed by atoms with E-state index in [1.807, 2.05) is 0 Å². The second-order valence-electron chi connectivity index (χ2n) is 0. The lowest BCUT2D eigenvalue weighted by atomic mass is 14.0. The van der Waals surface area contributed by atoms with E-state index in [-0.39, 0.29) is 603 Å². The summed E-state index contributed by atoms with van der Waals surface area (Å²) in [6.07, 6.45) is 0. The summed E-state index contributed by atoms with van der Waals surface area (Å²) < 4.78 is 0. The largest absolute Gasteiger partial charge is 0.412 e. The maximum atomic E-state index is 0. The van der Waals surface area contributed by atoms with Crippen molar-refractivity contribution in [2.45, 2.75) is 0 Å². The summed E-state index contributed by atoms with van der Waals surface area (Å²) in [5.41, 5.74) is 0. The van der Waals surface area contributed by atoms with E-state index >= 15 is 0 Å². The first-order chi connectivity index (χ1) is 0. The van der Waals surface area contributed by atoms with Gasteiger partial charge in [-0.2, -0.15) is 0 Å². The Labute approximate surface area is 603 Å². The van der Waals surface area contributed by atoms with Gasteiger partial charge in [-0.05, 0) is 0 Å². The fourth-order valence-corrected chi connectivity index (χ4v) is 0. The van der Waals surface area contributed by atoms with Gasteiger partial charge in [0.1, 0.15) is 0 Å². The normalized spacial score (nSPS) is 0. The Morgan fingerprint density at radius 2 is 0.0202 bits per heavy atom. The molecule has 0 fully saturated rings. The lowest BCUT2D eigenvalue weighted by Gasteiger charge is -0.413. The molecule has 99 heavy (non-hydrogen) atoms. The molecule has 0 aliphatic heterocycles. The van der Waals surface area contributed by atoms with Crippen molar-refractivity contribution in [1.29, 1.82) is 0 Å². The molecule has 0 aromatic rings. The van der Waals surface area contributed by atoms with E-state index in [1.165, 1.54) is 0 Å². The van der Waals surface area contributed by atoms with E-state index < -0.39 is 0 Å². The first kappa shape index (κ1) is 53600. The number of hydrogen-bond acceptors (Lipinski definition) is 90. The van der Waals surface area contributed by atoms with E-state index in [2.05, 4.69) is 0 Å². The van der Waals surface area contributed by atoms with Crippen molar-refractivity contribution in [3.63, 3.8) is 0 Å². The van der Waals surface area contributed by atoms with E-state index in [4.69, 9.17) is 0 Å². The van der Waals surface area contributed by atoms with Gasteiger partial charge in [-0.3, -0.25) is 0 Å². The standard InChI is InChI=1S/90H3N.9H2O/h90*1H3;9*1H2. The van der Waals surface area contributed by atoms with Gasteiger partial charge in [0.25, 0.3) is 0 Å². The van der Waals surface area contributed by atoms with E-state index in [1.54, 1.807) is 0 Å². The molecule has 0 aromatic heterocycles. The van der Waals surface area contributed by atoms with Gasteiger partial charge in [0, 0.05) is 0 Å². The fourth-order valence-electron chi connectivity index (χ4n) is 0. The van der Waals surface area contributed by atoms with Gasteiger partial charge in [0.15, 0.2) is 0 Å². The van der Waals surface area contributed by atoms with Crippen LogP contribution in [-0.4, -0.2) is 49.3 Å². The average Bonchev–Trinajstić information content (AvgIpc) is 0. The van der Waals surface area contributed by atoms with Crippen LogP contribution in [0.15, 0.2) is 0 Å². The summed E-state index contributed by atoms with van der Waals surface area (Å²) in [5.74, 6) is 0. The predicted molar refractivity (Wildman–Crippen MR) is 485 cm³/mol. The molecular weight excluding hydrogens is 1400 g/mol. The summed E-state index contributed by atoms with van der Waals surface area (Å²) >= 11 is 0. The molecule has 0 atom stereocenters. The zero-order valence-corrected chi connectivity index (χ0v) is 68.1. The number of hydrogen-bond donors (Lipinski definition) is 90. The average molecular weight is 1690 g/mol. The summed E-state index contributed by atoms with van der Waals surface area (Å²) in [7, 11) is 0. The van der Waals surface area contributed by atoms with Crippen molar-refractivity contribution in [2.75, 3.05) is 0 Å². The molecule has 0 saturated carbocycles. The van der Waals surface area contributed by atoms with Crippen molar-refractivity contribution in [2.24, 2.45) is 0 Å². The Hall–Kier alpha value is -3.96. The van der Waals surface area contributed by atoms with Crippen molar-refractivity contribution >= 4 is 0 Å². The molecule has 0 heterocycles. The van der Waals surface area contributed by atoms with Gasteiger partial charge in [0.05, 0.1) is 0 Å². The van der Waals surface area contributed by atoms with Gasteiger partial charge in [-0.15, -0.1) is 0 Å². The smallest absolute Gasteiger partial charge is 0.344 e. The van der Waals surface area contributed by atoms with Crippen LogP contribution in [0.25, 0.3) is 0 Å². The van der Waals surface area contributed by atoms with Crippen LogP contribution in [0, 0.1) is 0 Å². The molecule has 288 N–H and O–H groups in total. The molecule has 0 aromatic carbocycles. The van der Waals surface area contributed by atoms with Crippen LogP contribution >= 0.6 is 0 Å². The molecule has 0 rings (SSSR count). The maximum absolute atomic E-state index is 0. The van der Waals surface area contributed by atoms with Crippen LogP contribution < -0.4 is 554 Å². The molecule has 0 aliphatic carbocycles. The Bertz CT molecular complexity index is 43.5. The number of rotatable bonds is 0. The van der Waals surface area contributed by atoms with Crippen molar-refractivity contribution in [3.05, 3.63) is 0 Å². The lowest BCUT2D eigenvalue weighted by Crippen LogP contribution is -0.482. The Morgan fingerprint density at radius 3 is 0.0202 bits per heavy atom. The predicted octanol–water partition coefficient (Wildman–Crippen LogP) is 7.16. The topological polar surface area (TPSA) is 3430 Å². The molecule has 99 heteroatoms. The molecule has 0 spiro atoms. The fraction of sp³-hybridized carbons (Fsp3) is 0. The molecule has 0 unspecified atom stereocenters. The first-order valence-electron chi connectivity index (χ1n) is 0. The van der Waals surface area contributed by atoms with Crippen LogP contribution in [-0.2, 0) is 0 Å². The van der Waals surface area contributed by atoms with Crippen LogP contribution in [0.2, 0.25) is 0 Å². The molecule has 0 amide bonds. The van der Waals surface area contributed by atoms with Gasteiger partial charge in [-0.1, -0.05) is 0 Å². The first-order valence-corrected chi connectivity index (χ1v) is 0. The summed E-state index contributed by atoms with van der Waals surface area (Å²) in [4.78, 5) is 0. The minimum absolute atomic E-state index is 0. The molecule has 99 nitrogen and oxygen atoms in total. The van der Waals surface area contributed by atoms with Gasteiger partial charge >= 0.3 is 0 Å². The lowest BCUT2D eigenvalue weighted by molar-refractivity contribution is 0.823. The quantitative estimate of drug-likeness (QED) is 0.114. The van der Waals surface area contributed by atoms with Crippen molar-refractivity contribution in [3.8, 4) is 0 Å². The second kappa shape index (κ2) is 51900. The highest BCUT2D eigenvalue weighted by molar-refractivity contribution is 2.22. The van der Waals surface area contributed by atoms with E-state index in [0.29, 0.717) is 0 Å². The van der Waals surface area contributed by atoms with Crippen LogP contribution in [0.5, 0.6) is 0 Å². The summed E-state index contributed by atoms with van der Waals surface area (Å²) in [5, 5.41) is 0. The minimum Gasteiger partial charge on any atom is -0.412 e. The van der Waals surface area contributed by atoms with Crippen LogP contribution in [0.4, 0.5) is 0 Å². The van der Waals surface area contributed by atoms with Gasteiger partial charge in [-0.25, -0.2) is 0 Å². The Balaban J connectivity index is 0. The molecule has 792 valence electrons. The summed E-state index contributed by atoms with van der Waals surface area (Å²) in [6, 6.07) is 0. The highest BCUT2D eigenvalue weighted by atomic mass is 16.0. The minimum atomic E-state index is 0. The Kier molecular flexibility index (Phi) is 28100000. The SMILES string of the molecule is N.N.N.N.N.N.N.N.N.N.N.N.N.N.N.N.N.N.N.N.N.N.N.N.N.N.N.N.N.N.N.N.N.N.N.N.N.N.N.N.N.N.N.N.N.N.N.N.N.N.N.N.N.N.N.N.N.N.N.N.N.N.N.N.N.N.N.N.N.N.N.N.N.N.N.N.N.N.N.N.N.N.N.N.N.N.N.N.N.N.O.O.O.O.O.O.O.O.O. The zero-order chi connectivity index (χ0) is 0. The third-order valence-corrected chi connectivity index (χ3v) is 0. The maximum Gasteiger partial charge on any atom is -0.344 e. The van der Waals surface area contributed by atoms with Crippen molar-refractivity contribution in [1.82, 2.24) is 554 Å².